The quantitative estimate of drug-likeness (QED) is 0.806. The van der Waals surface area contributed by atoms with E-state index in [9.17, 15) is 4.79 Å². The molecule has 0 aromatic heterocycles. The molecular weight excluding hydrogens is 226 g/mol. The predicted molar refractivity (Wildman–Crippen MR) is 71.9 cm³/mol. The molecule has 0 fully saturated rings. The van der Waals surface area contributed by atoms with E-state index < -0.39 is 0 Å². The van der Waals surface area contributed by atoms with Gasteiger partial charge in [-0.05, 0) is 49.6 Å². The summed E-state index contributed by atoms with van der Waals surface area (Å²) in [5.41, 5.74) is 6.77. The molecule has 96 valence electrons. The molecule has 0 radical (unpaired) electrons. The van der Waals surface area contributed by atoms with Crippen molar-refractivity contribution in [3.05, 3.63) is 29.8 Å². The summed E-state index contributed by atoms with van der Waals surface area (Å²) in [6.07, 6.45) is 2.30. The standard InChI is InChI=1S/C14H19N3O/c1-11(8-9-15)2-7-14(18)17-13-5-3-12(10-16)4-6-13/h3-6,11H,2,7-9,15H2,1H3,(H,17,18). The van der Waals surface area contributed by atoms with Gasteiger partial charge >= 0.3 is 0 Å². The average Bonchev–Trinajstić information content (AvgIpc) is 2.38. The minimum atomic E-state index is 0.00331. The first-order valence-corrected chi connectivity index (χ1v) is 6.15. The lowest BCUT2D eigenvalue weighted by Crippen LogP contribution is -2.14. The Hall–Kier alpha value is -1.86. The second-order valence-electron chi connectivity index (χ2n) is 4.46. The Morgan fingerprint density at radius 1 is 1.39 bits per heavy atom. The van der Waals surface area contributed by atoms with Crippen molar-refractivity contribution in [3.8, 4) is 6.07 Å². The van der Waals surface area contributed by atoms with Crippen LogP contribution in [0.25, 0.3) is 0 Å². The molecule has 4 nitrogen and oxygen atoms in total. The Morgan fingerprint density at radius 3 is 2.61 bits per heavy atom. The molecule has 1 rings (SSSR count). The van der Waals surface area contributed by atoms with Crippen LogP contribution in [0.1, 0.15) is 31.7 Å². The van der Waals surface area contributed by atoms with Gasteiger partial charge in [-0.2, -0.15) is 5.26 Å². The van der Waals surface area contributed by atoms with Crippen LogP contribution in [0.4, 0.5) is 5.69 Å². The number of nitriles is 1. The van der Waals surface area contributed by atoms with Crippen LogP contribution < -0.4 is 11.1 Å². The van der Waals surface area contributed by atoms with Crippen molar-refractivity contribution >= 4 is 11.6 Å². The third-order valence-electron chi connectivity index (χ3n) is 2.82. The lowest BCUT2D eigenvalue weighted by Gasteiger charge is -2.09. The molecule has 1 amide bonds. The van der Waals surface area contributed by atoms with E-state index in [0.29, 0.717) is 24.4 Å². The lowest BCUT2D eigenvalue weighted by molar-refractivity contribution is -0.116. The van der Waals surface area contributed by atoms with Crippen LogP contribution in [0.3, 0.4) is 0 Å². The minimum absolute atomic E-state index is 0.00331. The number of nitrogens with two attached hydrogens (primary N) is 1. The van der Waals surface area contributed by atoms with Gasteiger partial charge in [0.2, 0.25) is 5.91 Å². The number of anilines is 1. The number of benzene rings is 1. The molecule has 3 N–H and O–H groups in total. The highest BCUT2D eigenvalue weighted by Gasteiger charge is 2.06. The van der Waals surface area contributed by atoms with Crippen molar-refractivity contribution in [1.29, 1.82) is 5.26 Å². The maximum atomic E-state index is 11.7. The third kappa shape index (κ3) is 4.98. The van der Waals surface area contributed by atoms with Gasteiger partial charge < -0.3 is 11.1 Å². The molecule has 0 aliphatic carbocycles. The zero-order valence-corrected chi connectivity index (χ0v) is 10.6. The van der Waals surface area contributed by atoms with Gasteiger partial charge in [0, 0.05) is 12.1 Å². The summed E-state index contributed by atoms with van der Waals surface area (Å²) in [4.78, 5) is 11.7. The lowest BCUT2D eigenvalue weighted by atomic mass is 10.0. The summed E-state index contributed by atoms with van der Waals surface area (Å²) in [6, 6.07) is 8.88. The summed E-state index contributed by atoms with van der Waals surface area (Å²) in [5, 5.41) is 11.5. The third-order valence-corrected chi connectivity index (χ3v) is 2.82. The molecule has 0 saturated heterocycles. The molecule has 4 heteroatoms. The topological polar surface area (TPSA) is 78.9 Å². The highest BCUT2D eigenvalue weighted by molar-refractivity contribution is 5.90. The van der Waals surface area contributed by atoms with Crippen LogP contribution in [-0.4, -0.2) is 12.5 Å². The highest BCUT2D eigenvalue weighted by atomic mass is 16.1. The van der Waals surface area contributed by atoms with Crippen LogP contribution in [0.5, 0.6) is 0 Å². The van der Waals surface area contributed by atoms with Gasteiger partial charge in [-0.15, -0.1) is 0 Å². The van der Waals surface area contributed by atoms with E-state index in [4.69, 9.17) is 11.0 Å². The van der Waals surface area contributed by atoms with E-state index in [-0.39, 0.29) is 5.91 Å². The summed E-state index contributed by atoms with van der Waals surface area (Å²) >= 11 is 0. The molecular formula is C14H19N3O. The van der Waals surface area contributed by atoms with Crippen molar-refractivity contribution in [2.75, 3.05) is 11.9 Å². The number of amides is 1. The molecule has 0 aliphatic heterocycles. The van der Waals surface area contributed by atoms with Gasteiger partial charge in [0.1, 0.15) is 0 Å². The SMILES string of the molecule is CC(CCN)CCC(=O)Nc1ccc(C#N)cc1. The van der Waals surface area contributed by atoms with Gasteiger partial charge in [0.25, 0.3) is 0 Å². The van der Waals surface area contributed by atoms with Gasteiger partial charge in [-0.1, -0.05) is 6.92 Å². The number of rotatable bonds is 6. The fourth-order valence-corrected chi connectivity index (χ4v) is 1.66. The minimum Gasteiger partial charge on any atom is -0.330 e. The molecule has 18 heavy (non-hydrogen) atoms. The van der Waals surface area contributed by atoms with Crippen molar-refractivity contribution in [2.24, 2.45) is 11.7 Å². The average molecular weight is 245 g/mol. The Bertz CT molecular complexity index is 420. The van der Waals surface area contributed by atoms with Gasteiger partial charge in [0.05, 0.1) is 11.6 Å². The van der Waals surface area contributed by atoms with Crippen molar-refractivity contribution in [3.63, 3.8) is 0 Å². The molecule has 1 atom stereocenters. The zero-order chi connectivity index (χ0) is 13.4. The van der Waals surface area contributed by atoms with Crippen LogP contribution in [0.2, 0.25) is 0 Å². The Balaban J connectivity index is 2.37. The number of nitrogens with zero attached hydrogens (tertiary/aromatic N) is 1. The molecule has 0 spiro atoms. The van der Waals surface area contributed by atoms with Crippen LogP contribution in [0.15, 0.2) is 24.3 Å². The predicted octanol–water partition coefficient (Wildman–Crippen LogP) is 2.26. The first kappa shape index (κ1) is 14.2. The molecule has 0 bridgehead atoms. The normalized spacial score (nSPS) is 11.6. The molecule has 0 heterocycles. The monoisotopic (exact) mass is 245 g/mol. The zero-order valence-electron chi connectivity index (χ0n) is 10.6. The number of hydrogen-bond acceptors (Lipinski definition) is 3. The first-order chi connectivity index (χ1) is 8.65. The van der Waals surface area contributed by atoms with E-state index in [1.165, 1.54) is 0 Å². The van der Waals surface area contributed by atoms with Gasteiger partial charge in [-0.3, -0.25) is 4.79 Å². The largest absolute Gasteiger partial charge is 0.330 e. The van der Waals surface area contributed by atoms with Gasteiger partial charge in [0.15, 0.2) is 0 Å². The maximum Gasteiger partial charge on any atom is 0.224 e. The number of nitrogens with one attached hydrogen (secondary N) is 1. The number of hydrogen-bond donors (Lipinski definition) is 2. The Morgan fingerprint density at radius 2 is 2.06 bits per heavy atom. The molecule has 0 saturated carbocycles. The first-order valence-electron chi connectivity index (χ1n) is 6.15. The van der Waals surface area contributed by atoms with Crippen molar-refractivity contribution in [2.45, 2.75) is 26.2 Å². The van der Waals surface area contributed by atoms with Crippen LogP contribution in [0, 0.1) is 17.2 Å². The smallest absolute Gasteiger partial charge is 0.224 e. The molecule has 1 unspecified atom stereocenters. The molecule has 1 aromatic carbocycles. The molecule has 0 aliphatic rings. The number of carbonyl (C=O) groups excluding carboxylic acids is 1. The maximum absolute atomic E-state index is 11.7. The van der Waals surface area contributed by atoms with E-state index >= 15 is 0 Å². The Labute approximate surface area is 108 Å². The second kappa shape index (κ2) is 7.46. The van der Waals surface area contributed by atoms with E-state index in [1.54, 1.807) is 24.3 Å². The van der Waals surface area contributed by atoms with E-state index in [2.05, 4.69) is 12.2 Å². The second-order valence-corrected chi connectivity index (χ2v) is 4.46. The summed E-state index contributed by atoms with van der Waals surface area (Å²) in [5.74, 6) is 0.477. The van der Waals surface area contributed by atoms with E-state index in [1.807, 2.05) is 6.07 Å². The van der Waals surface area contributed by atoms with Crippen molar-refractivity contribution in [1.82, 2.24) is 0 Å². The fourth-order valence-electron chi connectivity index (χ4n) is 1.66. The number of carbonyl (C=O) groups is 1. The van der Waals surface area contributed by atoms with Crippen LogP contribution in [-0.2, 0) is 4.79 Å². The summed E-state index contributed by atoms with van der Waals surface area (Å²) < 4.78 is 0. The Kier molecular flexibility index (Phi) is 5.89. The summed E-state index contributed by atoms with van der Waals surface area (Å²) in [6.45, 7) is 2.76. The summed E-state index contributed by atoms with van der Waals surface area (Å²) in [7, 11) is 0. The van der Waals surface area contributed by atoms with Gasteiger partial charge in [-0.25, -0.2) is 0 Å². The van der Waals surface area contributed by atoms with Crippen LogP contribution >= 0.6 is 0 Å². The van der Waals surface area contributed by atoms with E-state index in [0.717, 1.165) is 18.5 Å². The fraction of sp³-hybridized carbons (Fsp3) is 0.429. The molecule has 1 aromatic rings. The highest BCUT2D eigenvalue weighted by Crippen LogP contribution is 2.12. The van der Waals surface area contributed by atoms with Crippen molar-refractivity contribution < 1.29 is 4.79 Å².